The van der Waals surface area contributed by atoms with Gasteiger partial charge in [-0.05, 0) is 44.7 Å². The van der Waals surface area contributed by atoms with Crippen LogP contribution in [0.3, 0.4) is 0 Å². The smallest absolute Gasteiger partial charge is 0.246 e. The summed E-state index contributed by atoms with van der Waals surface area (Å²) in [6.07, 6.45) is 2.34. The van der Waals surface area contributed by atoms with E-state index in [-0.39, 0.29) is 22.7 Å². The van der Waals surface area contributed by atoms with Crippen LogP contribution in [0.15, 0.2) is 33.8 Å². The molecule has 1 aliphatic carbocycles. The molecule has 1 atom stereocenters. The number of hydrogen-bond acceptors (Lipinski definition) is 6. The lowest BCUT2D eigenvalue weighted by atomic mass is 9.76. The predicted octanol–water partition coefficient (Wildman–Crippen LogP) is 1.48. The minimum atomic E-state index is -3.79. The molecule has 0 amide bonds. The van der Waals surface area contributed by atoms with E-state index in [1.54, 1.807) is 32.2 Å². The van der Waals surface area contributed by atoms with E-state index in [9.17, 15) is 13.5 Å². The number of aromatic nitrogens is 2. The van der Waals surface area contributed by atoms with E-state index in [0.29, 0.717) is 24.2 Å². The van der Waals surface area contributed by atoms with E-state index in [4.69, 9.17) is 4.52 Å². The summed E-state index contributed by atoms with van der Waals surface area (Å²) in [6, 6.07) is 4.89. The van der Waals surface area contributed by atoms with Crippen molar-refractivity contribution < 1.29 is 18.0 Å². The molecule has 0 aliphatic heterocycles. The molecule has 7 nitrogen and oxygen atoms in total. The molecule has 1 fully saturated rings. The van der Waals surface area contributed by atoms with E-state index < -0.39 is 16.1 Å². The van der Waals surface area contributed by atoms with Crippen molar-refractivity contribution >= 4 is 10.0 Å². The first-order valence-corrected chi connectivity index (χ1v) is 8.91. The predicted molar refractivity (Wildman–Crippen MR) is 82.0 cm³/mol. The van der Waals surface area contributed by atoms with Crippen molar-refractivity contribution in [2.24, 2.45) is 5.92 Å². The molecule has 0 aromatic carbocycles. The third-order valence-electron chi connectivity index (χ3n) is 4.15. The van der Waals surface area contributed by atoms with Gasteiger partial charge in [0.2, 0.25) is 10.0 Å². The first kappa shape index (κ1) is 16.1. The van der Waals surface area contributed by atoms with Crippen LogP contribution in [0.5, 0.6) is 0 Å². The van der Waals surface area contributed by atoms with E-state index in [1.165, 1.54) is 0 Å². The van der Waals surface area contributed by atoms with Gasteiger partial charge in [-0.1, -0.05) is 11.2 Å². The number of aryl methyl sites for hydroxylation is 2. The standard InChI is InChI=1S/C15H19N3O4S/c1-9-15(10(2)22-17-9)23(20,21)18-14(11-7-12(19)8-11)13-5-3-4-6-16-13/h3-6,11-12,14,18-19H,7-8H2,1-2H3/t11?,12?,14-/m1/s1. The lowest BCUT2D eigenvalue weighted by molar-refractivity contribution is 0.0273. The Morgan fingerprint density at radius 1 is 1.35 bits per heavy atom. The van der Waals surface area contributed by atoms with Crippen molar-refractivity contribution in [3.63, 3.8) is 0 Å². The Hall–Kier alpha value is -1.77. The summed E-state index contributed by atoms with van der Waals surface area (Å²) < 4.78 is 33.2. The fourth-order valence-electron chi connectivity index (χ4n) is 2.94. The number of pyridine rings is 1. The van der Waals surface area contributed by atoms with Gasteiger partial charge >= 0.3 is 0 Å². The number of rotatable bonds is 5. The minimum absolute atomic E-state index is 0.00940. The van der Waals surface area contributed by atoms with Gasteiger partial charge < -0.3 is 9.63 Å². The fourth-order valence-corrected chi connectivity index (χ4v) is 4.55. The Kier molecular flexibility index (Phi) is 4.22. The first-order chi connectivity index (χ1) is 10.9. The zero-order valence-corrected chi connectivity index (χ0v) is 13.7. The van der Waals surface area contributed by atoms with Crippen molar-refractivity contribution in [2.75, 3.05) is 0 Å². The summed E-state index contributed by atoms with van der Waals surface area (Å²) in [6.45, 7) is 3.16. The topological polar surface area (TPSA) is 105 Å². The Labute approximate surface area is 134 Å². The summed E-state index contributed by atoms with van der Waals surface area (Å²) in [5.41, 5.74) is 0.961. The van der Waals surface area contributed by atoms with Crippen LogP contribution < -0.4 is 4.72 Å². The van der Waals surface area contributed by atoms with Crippen LogP contribution in [0.25, 0.3) is 0 Å². The minimum Gasteiger partial charge on any atom is -0.393 e. The third kappa shape index (κ3) is 3.15. The van der Waals surface area contributed by atoms with Crippen LogP contribution in [0, 0.1) is 19.8 Å². The molecule has 2 heterocycles. The highest BCUT2D eigenvalue weighted by Crippen LogP contribution is 2.38. The van der Waals surface area contributed by atoms with Crippen LogP contribution in [0.1, 0.15) is 36.0 Å². The number of aliphatic hydroxyl groups is 1. The highest BCUT2D eigenvalue weighted by molar-refractivity contribution is 7.89. The van der Waals surface area contributed by atoms with Crippen LogP contribution in [-0.2, 0) is 10.0 Å². The molecule has 124 valence electrons. The highest BCUT2D eigenvalue weighted by Gasteiger charge is 2.38. The van der Waals surface area contributed by atoms with Gasteiger partial charge in [-0.15, -0.1) is 0 Å². The molecule has 8 heteroatoms. The molecule has 23 heavy (non-hydrogen) atoms. The van der Waals surface area contributed by atoms with Gasteiger partial charge in [0.1, 0.15) is 10.6 Å². The van der Waals surface area contributed by atoms with Crippen molar-refractivity contribution in [3.05, 3.63) is 41.5 Å². The van der Waals surface area contributed by atoms with Gasteiger partial charge in [-0.25, -0.2) is 13.1 Å². The molecule has 0 spiro atoms. The van der Waals surface area contributed by atoms with Gasteiger partial charge in [0.25, 0.3) is 0 Å². The van der Waals surface area contributed by atoms with Crippen LogP contribution in [0.4, 0.5) is 0 Å². The van der Waals surface area contributed by atoms with Gasteiger partial charge in [0.15, 0.2) is 5.76 Å². The number of nitrogens with one attached hydrogen (secondary N) is 1. The van der Waals surface area contributed by atoms with Gasteiger partial charge in [-0.3, -0.25) is 4.98 Å². The maximum Gasteiger partial charge on any atom is 0.246 e. The molecule has 2 aromatic rings. The second kappa shape index (κ2) is 6.03. The van der Waals surface area contributed by atoms with E-state index in [0.717, 1.165) is 0 Å². The van der Waals surface area contributed by atoms with Gasteiger partial charge in [0.05, 0.1) is 17.8 Å². The number of hydrogen-bond donors (Lipinski definition) is 2. The molecule has 0 radical (unpaired) electrons. The van der Waals surface area contributed by atoms with E-state index in [1.807, 2.05) is 6.07 Å². The third-order valence-corrected chi connectivity index (χ3v) is 5.83. The van der Waals surface area contributed by atoms with Crippen LogP contribution in [-0.4, -0.2) is 29.8 Å². The number of aliphatic hydroxyl groups excluding tert-OH is 1. The molecule has 3 rings (SSSR count). The van der Waals surface area contributed by atoms with Gasteiger partial charge in [-0.2, -0.15) is 0 Å². The zero-order chi connectivity index (χ0) is 16.6. The zero-order valence-electron chi connectivity index (χ0n) is 12.9. The molecule has 0 bridgehead atoms. The number of sulfonamides is 1. The largest absolute Gasteiger partial charge is 0.393 e. The Morgan fingerprint density at radius 3 is 2.61 bits per heavy atom. The van der Waals surface area contributed by atoms with E-state index >= 15 is 0 Å². The normalized spacial score (nSPS) is 22.6. The molecular weight excluding hydrogens is 318 g/mol. The summed E-state index contributed by atoms with van der Waals surface area (Å²) in [5.74, 6) is 0.263. The van der Waals surface area contributed by atoms with Crippen molar-refractivity contribution in [1.82, 2.24) is 14.9 Å². The molecule has 0 saturated heterocycles. The monoisotopic (exact) mass is 337 g/mol. The van der Waals surface area contributed by atoms with Gasteiger partial charge in [0, 0.05) is 6.20 Å². The average Bonchev–Trinajstić information content (AvgIpc) is 2.82. The Morgan fingerprint density at radius 2 is 2.09 bits per heavy atom. The van der Waals surface area contributed by atoms with E-state index in [2.05, 4.69) is 14.9 Å². The Bertz CT molecular complexity index is 763. The molecule has 1 saturated carbocycles. The van der Waals surface area contributed by atoms with Crippen LogP contribution in [0.2, 0.25) is 0 Å². The second-order valence-electron chi connectivity index (χ2n) is 5.89. The van der Waals surface area contributed by atoms with Crippen LogP contribution >= 0.6 is 0 Å². The number of nitrogens with zero attached hydrogens (tertiary/aromatic N) is 2. The second-order valence-corrected chi connectivity index (χ2v) is 7.54. The van der Waals surface area contributed by atoms with Crippen molar-refractivity contribution in [1.29, 1.82) is 0 Å². The SMILES string of the molecule is Cc1noc(C)c1S(=O)(=O)N[C@@H](c1ccccn1)C1CC(O)C1. The first-order valence-electron chi connectivity index (χ1n) is 7.42. The van der Waals surface area contributed by atoms with Crippen molar-refractivity contribution in [3.8, 4) is 0 Å². The molecular formula is C15H19N3O4S. The Balaban J connectivity index is 1.92. The maximum atomic E-state index is 12.7. The lowest BCUT2D eigenvalue weighted by Gasteiger charge is -2.37. The summed E-state index contributed by atoms with van der Waals surface area (Å²) in [7, 11) is -3.79. The molecule has 0 unspecified atom stereocenters. The molecule has 1 aliphatic rings. The lowest BCUT2D eigenvalue weighted by Crippen LogP contribution is -2.41. The summed E-state index contributed by atoms with van der Waals surface area (Å²) in [4.78, 5) is 4.34. The van der Waals surface area contributed by atoms with Crippen molar-refractivity contribution in [2.45, 2.75) is 43.7 Å². The fraction of sp³-hybridized carbons (Fsp3) is 0.467. The summed E-state index contributed by atoms with van der Waals surface area (Å²) in [5, 5.41) is 13.3. The summed E-state index contributed by atoms with van der Waals surface area (Å²) >= 11 is 0. The average molecular weight is 337 g/mol. The molecule has 2 aromatic heterocycles. The highest BCUT2D eigenvalue weighted by atomic mass is 32.2. The molecule has 2 N–H and O–H groups in total. The quantitative estimate of drug-likeness (QED) is 0.856. The maximum absolute atomic E-state index is 12.7.